The summed E-state index contributed by atoms with van der Waals surface area (Å²) >= 11 is 1.54. The smallest absolute Gasteiger partial charge is 0.127 e. The van der Waals surface area contributed by atoms with Crippen molar-refractivity contribution in [3.8, 4) is 5.75 Å². The molecule has 0 aliphatic heterocycles. The molecule has 26 heavy (non-hydrogen) atoms. The SMILES string of the molecule is Cc1nc(SC[C@H](O)COc2c(C)ccc(C)c2C)c2ccccc2n1. The predicted molar refractivity (Wildman–Crippen MR) is 107 cm³/mol. The molecule has 3 aromatic rings. The van der Waals surface area contributed by atoms with E-state index in [-0.39, 0.29) is 6.61 Å². The molecule has 3 rings (SSSR count). The van der Waals surface area contributed by atoms with Gasteiger partial charge in [0.15, 0.2) is 0 Å². The largest absolute Gasteiger partial charge is 0.490 e. The third-order valence-corrected chi connectivity index (χ3v) is 5.52. The first-order chi connectivity index (χ1) is 12.5. The van der Waals surface area contributed by atoms with Crippen LogP contribution in [-0.2, 0) is 0 Å². The maximum absolute atomic E-state index is 10.4. The number of hydrogen-bond donors (Lipinski definition) is 1. The van der Waals surface area contributed by atoms with Crippen LogP contribution in [0.4, 0.5) is 0 Å². The van der Waals surface area contributed by atoms with Crippen LogP contribution in [0.3, 0.4) is 0 Å². The molecular weight excluding hydrogens is 344 g/mol. The normalized spacial score (nSPS) is 12.3. The maximum Gasteiger partial charge on any atom is 0.127 e. The Hall–Kier alpha value is -2.11. The minimum Gasteiger partial charge on any atom is -0.490 e. The van der Waals surface area contributed by atoms with Gasteiger partial charge >= 0.3 is 0 Å². The van der Waals surface area contributed by atoms with Gasteiger partial charge in [-0.2, -0.15) is 0 Å². The van der Waals surface area contributed by atoms with E-state index in [1.165, 1.54) is 17.3 Å². The number of aliphatic hydroxyl groups is 1. The lowest BCUT2D eigenvalue weighted by molar-refractivity contribution is 0.125. The zero-order valence-electron chi connectivity index (χ0n) is 15.6. The first-order valence-electron chi connectivity index (χ1n) is 8.69. The third kappa shape index (κ3) is 4.17. The molecule has 0 spiro atoms. The van der Waals surface area contributed by atoms with Crippen LogP contribution < -0.4 is 4.74 Å². The van der Waals surface area contributed by atoms with Crippen molar-refractivity contribution >= 4 is 22.7 Å². The van der Waals surface area contributed by atoms with Gasteiger partial charge in [-0.25, -0.2) is 9.97 Å². The lowest BCUT2D eigenvalue weighted by atomic mass is 10.1. The summed E-state index contributed by atoms with van der Waals surface area (Å²) in [6.07, 6.45) is -0.576. The van der Waals surface area contributed by atoms with Gasteiger partial charge in [-0.15, -0.1) is 11.8 Å². The summed E-state index contributed by atoms with van der Waals surface area (Å²) in [5.74, 6) is 2.13. The molecule has 1 N–H and O–H groups in total. The van der Waals surface area contributed by atoms with Gasteiger partial charge < -0.3 is 9.84 Å². The standard InChI is InChI=1S/C21H24N2O2S/c1-13-9-10-14(2)20(15(13)3)25-11-17(24)12-26-21-18-7-5-6-8-19(18)22-16(4)23-21/h5-10,17,24H,11-12H2,1-4H3/t17-/m1/s1. The fourth-order valence-corrected chi connectivity index (χ4v) is 3.79. The average Bonchev–Trinajstić information content (AvgIpc) is 2.62. The Morgan fingerprint density at radius 3 is 2.54 bits per heavy atom. The van der Waals surface area contributed by atoms with E-state index in [0.29, 0.717) is 5.75 Å². The summed E-state index contributed by atoms with van der Waals surface area (Å²) in [5, 5.41) is 12.3. The fourth-order valence-electron chi connectivity index (χ4n) is 2.82. The van der Waals surface area contributed by atoms with Gasteiger partial charge in [0.1, 0.15) is 23.2 Å². The van der Waals surface area contributed by atoms with Crippen molar-refractivity contribution in [3.05, 3.63) is 58.9 Å². The van der Waals surface area contributed by atoms with Crippen molar-refractivity contribution in [1.82, 2.24) is 9.97 Å². The van der Waals surface area contributed by atoms with Crippen molar-refractivity contribution in [2.45, 2.75) is 38.8 Å². The van der Waals surface area contributed by atoms with Crippen LogP contribution in [0.2, 0.25) is 0 Å². The number of benzene rings is 2. The van der Waals surface area contributed by atoms with Gasteiger partial charge in [0.05, 0.1) is 11.6 Å². The molecule has 0 radical (unpaired) electrons. The first kappa shape index (κ1) is 18.7. The molecule has 0 aliphatic rings. The number of ether oxygens (including phenoxy) is 1. The highest BCUT2D eigenvalue weighted by Crippen LogP contribution is 2.28. The Bertz CT molecular complexity index is 927. The van der Waals surface area contributed by atoms with E-state index in [2.05, 4.69) is 35.9 Å². The van der Waals surface area contributed by atoms with Gasteiger partial charge in [-0.1, -0.05) is 30.3 Å². The summed E-state index contributed by atoms with van der Waals surface area (Å²) in [6.45, 7) is 8.29. The monoisotopic (exact) mass is 368 g/mol. The summed E-state index contributed by atoms with van der Waals surface area (Å²) in [6, 6.07) is 12.1. The highest BCUT2D eigenvalue weighted by molar-refractivity contribution is 7.99. The quantitative estimate of drug-likeness (QED) is 0.516. The van der Waals surface area contributed by atoms with Gasteiger partial charge in [0.2, 0.25) is 0 Å². The molecule has 4 nitrogen and oxygen atoms in total. The van der Waals surface area contributed by atoms with E-state index in [4.69, 9.17) is 4.74 Å². The molecule has 0 saturated heterocycles. The Labute approximate surface area is 158 Å². The number of para-hydroxylation sites is 1. The van der Waals surface area contributed by atoms with E-state index < -0.39 is 6.10 Å². The number of aryl methyl sites for hydroxylation is 3. The molecule has 0 saturated carbocycles. The average molecular weight is 369 g/mol. The molecule has 0 amide bonds. The predicted octanol–water partition coefficient (Wildman–Crippen LogP) is 4.40. The number of rotatable bonds is 6. The van der Waals surface area contributed by atoms with Gasteiger partial charge in [0, 0.05) is 11.1 Å². The third-order valence-electron chi connectivity index (χ3n) is 4.39. The number of thioether (sulfide) groups is 1. The summed E-state index contributed by atoms with van der Waals surface area (Å²) in [5.41, 5.74) is 4.34. The maximum atomic E-state index is 10.4. The molecule has 1 heterocycles. The van der Waals surface area contributed by atoms with Crippen LogP contribution in [0.15, 0.2) is 41.4 Å². The van der Waals surface area contributed by atoms with Gasteiger partial charge in [0.25, 0.3) is 0 Å². The van der Waals surface area contributed by atoms with Crippen LogP contribution in [0, 0.1) is 27.7 Å². The Morgan fingerprint density at radius 1 is 1.00 bits per heavy atom. The number of aromatic nitrogens is 2. The van der Waals surface area contributed by atoms with Crippen molar-refractivity contribution in [2.75, 3.05) is 12.4 Å². The second kappa shape index (κ2) is 8.06. The van der Waals surface area contributed by atoms with E-state index >= 15 is 0 Å². The zero-order valence-corrected chi connectivity index (χ0v) is 16.4. The molecular formula is C21H24N2O2S. The second-order valence-electron chi connectivity index (χ2n) is 6.52. The lowest BCUT2D eigenvalue weighted by Crippen LogP contribution is -2.21. The van der Waals surface area contributed by atoms with E-state index in [9.17, 15) is 5.11 Å². The highest BCUT2D eigenvalue weighted by Gasteiger charge is 2.13. The molecule has 0 fully saturated rings. The minimum atomic E-state index is -0.576. The van der Waals surface area contributed by atoms with Crippen LogP contribution in [0.25, 0.3) is 10.9 Å². The summed E-state index contributed by atoms with van der Waals surface area (Å²) < 4.78 is 5.91. The molecule has 2 aromatic carbocycles. The zero-order chi connectivity index (χ0) is 18.7. The molecule has 0 unspecified atom stereocenters. The van der Waals surface area contributed by atoms with Gasteiger partial charge in [-0.3, -0.25) is 0 Å². The topological polar surface area (TPSA) is 55.2 Å². The van der Waals surface area contributed by atoms with Crippen molar-refractivity contribution in [1.29, 1.82) is 0 Å². The molecule has 1 atom stereocenters. The molecule has 5 heteroatoms. The molecule has 1 aromatic heterocycles. The summed E-state index contributed by atoms with van der Waals surface area (Å²) in [4.78, 5) is 8.99. The highest BCUT2D eigenvalue weighted by atomic mass is 32.2. The van der Waals surface area contributed by atoms with Crippen LogP contribution in [0.5, 0.6) is 5.75 Å². The Kier molecular flexibility index (Phi) is 5.79. The number of fused-ring (bicyclic) bond motifs is 1. The van der Waals surface area contributed by atoms with Crippen LogP contribution >= 0.6 is 11.8 Å². The van der Waals surface area contributed by atoms with Crippen molar-refractivity contribution in [2.24, 2.45) is 0 Å². The second-order valence-corrected chi connectivity index (χ2v) is 7.53. The van der Waals surface area contributed by atoms with E-state index in [1.807, 2.05) is 38.1 Å². The minimum absolute atomic E-state index is 0.264. The van der Waals surface area contributed by atoms with Gasteiger partial charge in [-0.05, 0) is 50.5 Å². The van der Waals surface area contributed by atoms with Crippen LogP contribution in [0.1, 0.15) is 22.5 Å². The Balaban J connectivity index is 1.65. The van der Waals surface area contributed by atoms with E-state index in [1.54, 1.807) is 0 Å². The molecule has 0 aliphatic carbocycles. The first-order valence-corrected chi connectivity index (χ1v) is 9.68. The van der Waals surface area contributed by atoms with Crippen LogP contribution in [-0.4, -0.2) is 33.5 Å². The number of hydrogen-bond acceptors (Lipinski definition) is 5. The van der Waals surface area contributed by atoms with Crippen molar-refractivity contribution in [3.63, 3.8) is 0 Å². The van der Waals surface area contributed by atoms with E-state index in [0.717, 1.165) is 38.6 Å². The number of nitrogens with zero attached hydrogens (tertiary/aromatic N) is 2. The molecule has 136 valence electrons. The van der Waals surface area contributed by atoms with Crippen molar-refractivity contribution < 1.29 is 9.84 Å². The number of aliphatic hydroxyl groups excluding tert-OH is 1. The summed E-state index contributed by atoms with van der Waals surface area (Å²) in [7, 11) is 0. The Morgan fingerprint density at radius 2 is 1.73 bits per heavy atom. The molecule has 0 bridgehead atoms. The fraction of sp³-hybridized carbons (Fsp3) is 0.333. The lowest BCUT2D eigenvalue weighted by Gasteiger charge is -2.17.